The number of carbonyl (C=O) groups excluding carboxylic acids is 1. The van der Waals surface area contributed by atoms with Gasteiger partial charge in [-0.15, -0.1) is 0 Å². The zero-order valence-corrected chi connectivity index (χ0v) is 11.1. The SMILES string of the molecule is CCCC(C)Oc1cc(C(=O)OCC)c(N)cn1. The molecule has 0 aliphatic rings. The first-order valence-electron chi connectivity index (χ1n) is 6.17. The number of esters is 1. The smallest absolute Gasteiger partial charge is 0.340 e. The van der Waals surface area contributed by atoms with Crippen molar-refractivity contribution in [2.45, 2.75) is 39.7 Å². The van der Waals surface area contributed by atoms with Gasteiger partial charge >= 0.3 is 5.97 Å². The van der Waals surface area contributed by atoms with E-state index in [9.17, 15) is 4.79 Å². The van der Waals surface area contributed by atoms with Crippen molar-refractivity contribution >= 4 is 11.7 Å². The summed E-state index contributed by atoms with van der Waals surface area (Å²) >= 11 is 0. The molecule has 1 aromatic heterocycles. The summed E-state index contributed by atoms with van der Waals surface area (Å²) in [6, 6.07) is 1.53. The summed E-state index contributed by atoms with van der Waals surface area (Å²) < 4.78 is 10.5. The van der Waals surface area contributed by atoms with Crippen molar-refractivity contribution in [2.75, 3.05) is 12.3 Å². The van der Waals surface area contributed by atoms with Crippen molar-refractivity contribution in [1.82, 2.24) is 4.98 Å². The van der Waals surface area contributed by atoms with Crippen molar-refractivity contribution in [3.05, 3.63) is 17.8 Å². The Morgan fingerprint density at radius 3 is 2.83 bits per heavy atom. The number of anilines is 1. The Balaban J connectivity index is 2.83. The molecular formula is C13H20N2O3. The van der Waals surface area contributed by atoms with Gasteiger partial charge < -0.3 is 15.2 Å². The maximum absolute atomic E-state index is 11.6. The van der Waals surface area contributed by atoms with Crippen LogP contribution in [0.25, 0.3) is 0 Å². The van der Waals surface area contributed by atoms with E-state index in [0.717, 1.165) is 12.8 Å². The summed E-state index contributed by atoms with van der Waals surface area (Å²) in [5.74, 6) is -0.0569. The average molecular weight is 252 g/mol. The zero-order chi connectivity index (χ0) is 13.5. The van der Waals surface area contributed by atoms with Crippen molar-refractivity contribution in [3.8, 4) is 5.88 Å². The van der Waals surface area contributed by atoms with Gasteiger partial charge in [-0.05, 0) is 20.3 Å². The van der Waals surface area contributed by atoms with Crippen LogP contribution in [0.3, 0.4) is 0 Å². The molecule has 0 spiro atoms. The maximum Gasteiger partial charge on any atom is 0.340 e. The first kappa shape index (κ1) is 14.3. The molecule has 2 N–H and O–H groups in total. The molecule has 0 amide bonds. The average Bonchev–Trinajstić information content (AvgIpc) is 2.32. The lowest BCUT2D eigenvalue weighted by atomic mass is 10.2. The fourth-order valence-corrected chi connectivity index (χ4v) is 1.57. The van der Waals surface area contributed by atoms with E-state index in [2.05, 4.69) is 11.9 Å². The second kappa shape index (κ2) is 6.83. The third-order valence-corrected chi connectivity index (χ3v) is 2.42. The number of carbonyl (C=O) groups is 1. The number of pyridine rings is 1. The topological polar surface area (TPSA) is 74.4 Å². The van der Waals surface area contributed by atoms with E-state index in [1.54, 1.807) is 6.92 Å². The summed E-state index contributed by atoms with van der Waals surface area (Å²) in [7, 11) is 0. The van der Waals surface area contributed by atoms with Gasteiger partial charge in [0.25, 0.3) is 0 Å². The zero-order valence-electron chi connectivity index (χ0n) is 11.1. The largest absolute Gasteiger partial charge is 0.475 e. The molecule has 1 aromatic rings. The maximum atomic E-state index is 11.6. The molecule has 0 saturated heterocycles. The fraction of sp³-hybridized carbons (Fsp3) is 0.538. The molecule has 5 nitrogen and oxygen atoms in total. The van der Waals surface area contributed by atoms with Crippen LogP contribution in [0.1, 0.15) is 44.0 Å². The number of aromatic nitrogens is 1. The lowest BCUT2D eigenvalue weighted by molar-refractivity contribution is 0.0526. The van der Waals surface area contributed by atoms with E-state index in [1.807, 2.05) is 6.92 Å². The van der Waals surface area contributed by atoms with Crippen molar-refractivity contribution in [2.24, 2.45) is 0 Å². The second-order valence-corrected chi connectivity index (χ2v) is 4.05. The van der Waals surface area contributed by atoms with E-state index in [0.29, 0.717) is 23.7 Å². The highest BCUT2D eigenvalue weighted by atomic mass is 16.5. The van der Waals surface area contributed by atoms with E-state index >= 15 is 0 Å². The Morgan fingerprint density at radius 2 is 2.22 bits per heavy atom. The van der Waals surface area contributed by atoms with Crippen LogP contribution in [0.4, 0.5) is 5.69 Å². The van der Waals surface area contributed by atoms with Gasteiger partial charge in [0.1, 0.15) is 0 Å². The number of nitrogens with zero attached hydrogens (tertiary/aromatic N) is 1. The minimum absolute atomic E-state index is 0.0566. The molecule has 1 heterocycles. The normalized spacial score (nSPS) is 11.9. The molecule has 0 aliphatic heterocycles. The molecule has 18 heavy (non-hydrogen) atoms. The van der Waals surface area contributed by atoms with Crippen LogP contribution in [-0.4, -0.2) is 23.7 Å². The highest BCUT2D eigenvalue weighted by Gasteiger charge is 2.14. The number of ether oxygens (including phenoxy) is 2. The highest BCUT2D eigenvalue weighted by molar-refractivity contribution is 5.95. The van der Waals surface area contributed by atoms with Crippen molar-refractivity contribution in [1.29, 1.82) is 0 Å². The van der Waals surface area contributed by atoms with Gasteiger partial charge in [0.2, 0.25) is 5.88 Å². The minimum Gasteiger partial charge on any atom is -0.475 e. The Bertz CT molecular complexity index is 407. The monoisotopic (exact) mass is 252 g/mol. The standard InChI is InChI=1S/C13H20N2O3/c1-4-6-9(3)18-12-7-10(11(14)8-15-12)13(16)17-5-2/h7-9H,4-6,14H2,1-3H3. The summed E-state index contributed by atoms with van der Waals surface area (Å²) in [5, 5.41) is 0. The predicted octanol–water partition coefficient (Wildman–Crippen LogP) is 2.41. The van der Waals surface area contributed by atoms with E-state index in [-0.39, 0.29) is 6.10 Å². The van der Waals surface area contributed by atoms with Gasteiger partial charge in [-0.25, -0.2) is 9.78 Å². The predicted molar refractivity (Wildman–Crippen MR) is 69.6 cm³/mol. The van der Waals surface area contributed by atoms with Crippen molar-refractivity contribution in [3.63, 3.8) is 0 Å². The highest BCUT2D eigenvalue weighted by Crippen LogP contribution is 2.19. The molecule has 1 atom stereocenters. The lowest BCUT2D eigenvalue weighted by Crippen LogP contribution is -2.14. The summed E-state index contributed by atoms with van der Waals surface area (Å²) in [4.78, 5) is 15.7. The Hall–Kier alpha value is -1.78. The third kappa shape index (κ3) is 3.91. The summed E-state index contributed by atoms with van der Waals surface area (Å²) in [6.07, 6.45) is 3.43. The Morgan fingerprint density at radius 1 is 1.50 bits per heavy atom. The van der Waals surface area contributed by atoms with E-state index < -0.39 is 5.97 Å². The van der Waals surface area contributed by atoms with Gasteiger partial charge in [-0.3, -0.25) is 0 Å². The fourth-order valence-electron chi connectivity index (χ4n) is 1.57. The van der Waals surface area contributed by atoms with E-state index in [4.69, 9.17) is 15.2 Å². The van der Waals surface area contributed by atoms with Gasteiger partial charge in [0.15, 0.2) is 0 Å². The molecule has 0 aromatic carbocycles. The minimum atomic E-state index is -0.453. The number of nitrogens with two attached hydrogens (primary N) is 1. The van der Waals surface area contributed by atoms with Crippen LogP contribution in [0.2, 0.25) is 0 Å². The van der Waals surface area contributed by atoms with Crippen LogP contribution in [0.15, 0.2) is 12.3 Å². The third-order valence-electron chi connectivity index (χ3n) is 2.42. The summed E-state index contributed by atoms with van der Waals surface area (Å²) in [5.41, 5.74) is 6.28. The van der Waals surface area contributed by atoms with Crippen LogP contribution < -0.4 is 10.5 Å². The van der Waals surface area contributed by atoms with Crippen LogP contribution in [-0.2, 0) is 4.74 Å². The molecule has 0 fully saturated rings. The molecule has 1 rings (SSSR count). The first-order valence-corrected chi connectivity index (χ1v) is 6.17. The van der Waals surface area contributed by atoms with E-state index in [1.165, 1.54) is 12.3 Å². The first-order chi connectivity index (χ1) is 8.58. The Kier molecular flexibility index (Phi) is 5.42. The summed E-state index contributed by atoms with van der Waals surface area (Å²) in [6.45, 7) is 6.10. The second-order valence-electron chi connectivity index (χ2n) is 4.05. The Labute approximate surface area is 107 Å². The molecular weight excluding hydrogens is 232 g/mol. The molecule has 0 saturated carbocycles. The molecule has 1 unspecified atom stereocenters. The molecule has 0 radical (unpaired) electrons. The van der Waals surface area contributed by atoms with Crippen LogP contribution >= 0.6 is 0 Å². The van der Waals surface area contributed by atoms with Gasteiger partial charge in [-0.2, -0.15) is 0 Å². The van der Waals surface area contributed by atoms with Gasteiger partial charge in [0, 0.05) is 6.07 Å². The van der Waals surface area contributed by atoms with Crippen molar-refractivity contribution < 1.29 is 14.3 Å². The number of nitrogen functional groups attached to an aromatic ring is 1. The molecule has 0 bridgehead atoms. The number of hydrogen-bond acceptors (Lipinski definition) is 5. The van der Waals surface area contributed by atoms with Crippen LogP contribution in [0.5, 0.6) is 5.88 Å². The quantitative estimate of drug-likeness (QED) is 0.787. The van der Waals surface area contributed by atoms with Gasteiger partial charge in [0.05, 0.1) is 30.2 Å². The van der Waals surface area contributed by atoms with Crippen LogP contribution in [0, 0.1) is 0 Å². The van der Waals surface area contributed by atoms with Gasteiger partial charge in [-0.1, -0.05) is 13.3 Å². The number of hydrogen-bond donors (Lipinski definition) is 1. The number of rotatable bonds is 6. The molecule has 0 aliphatic carbocycles. The molecule has 5 heteroatoms. The lowest BCUT2D eigenvalue weighted by Gasteiger charge is -2.14. The molecule has 100 valence electrons.